The van der Waals surface area contributed by atoms with Crippen LogP contribution in [0.3, 0.4) is 0 Å². The van der Waals surface area contributed by atoms with Crippen LogP contribution in [0.5, 0.6) is 0 Å². The second-order valence-electron chi connectivity index (χ2n) is 5.60. The van der Waals surface area contributed by atoms with Crippen molar-refractivity contribution in [2.24, 2.45) is 0 Å². The van der Waals surface area contributed by atoms with Crippen molar-refractivity contribution in [1.82, 2.24) is 20.5 Å². The third kappa shape index (κ3) is 5.41. The van der Waals surface area contributed by atoms with Crippen molar-refractivity contribution < 1.29 is 27.2 Å². The Balaban J connectivity index is 1.90. The number of rotatable bonds is 6. The zero-order valence-corrected chi connectivity index (χ0v) is 17.3. The first-order valence-electron chi connectivity index (χ1n) is 7.76. The lowest BCUT2D eigenvalue weighted by Gasteiger charge is -2.12. The van der Waals surface area contributed by atoms with Gasteiger partial charge in [0, 0.05) is 19.7 Å². The lowest BCUT2D eigenvalue weighted by Crippen LogP contribution is -2.46. The second-order valence-corrected chi connectivity index (χ2v) is 8.54. The molecule has 0 aliphatic rings. The van der Waals surface area contributed by atoms with Gasteiger partial charge in [0.1, 0.15) is 0 Å². The van der Waals surface area contributed by atoms with Crippen molar-refractivity contribution in [3.8, 4) is 0 Å². The second kappa shape index (κ2) is 8.99. The van der Waals surface area contributed by atoms with Gasteiger partial charge < -0.3 is 9.73 Å². The Labute approximate surface area is 169 Å². The molecular weight excluding hydrogens is 456 g/mol. The van der Waals surface area contributed by atoms with Gasteiger partial charge in [-0.05, 0) is 46.3 Å². The summed E-state index contributed by atoms with van der Waals surface area (Å²) in [7, 11) is -0.955. The molecule has 12 heteroatoms. The Morgan fingerprint density at radius 2 is 1.79 bits per heavy atom. The molecule has 3 amide bonds. The van der Waals surface area contributed by atoms with Gasteiger partial charge in [0.05, 0.1) is 11.4 Å². The molecule has 1 aromatic heterocycles. The zero-order chi connectivity index (χ0) is 20.9. The number of sulfonamides is 1. The average Bonchev–Trinajstić information content (AvgIpc) is 3.10. The Kier molecular flexibility index (Phi) is 6.94. The molecule has 28 heavy (non-hydrogen) atoms. The summed E-state index contributed by atoms with van der Waals surface area (Å²) < 4.78 is 30.7. The molecule has 10 nitrogen and oxygen atoms in total. The molecule has 0 fully saturated rings. The highest BCUT2D eigenvalue weighted by Gasteiger charge is 2.19. The van der Waals surface area contributed by atoms with Crippen LogP contribution in [0.25, 0.3) is 0 Å². The van der Waals surface area contributed by atoms with Gasteiger partial charge in [0.25, 0.3) is 17.7 Å². The van der Waals surface area contributed by atoms with Crippen molar-refractivity contribution in [1.29, 1.82) is 0 Å². The summed E-state index contributed by atoms with van der Waals surface area (Å²) in [5.74, 6) is -1.99. The van der Waals surface area contributed by atoms with Crippen molar-refractivity contribution in [3.05, 3.63) is 52.4 Å². The number of hydrogen-bond acceptors (Lipinski definition) is 6. The first-order valence-corrected chi connectivity index (χ1v) is 10.00. The molecule has 3 N–H and O–H groups in total. The molecule has 2 rings (SSSR count). The van der Waals surface area contributed by atoms with Crippen LogP contribution in [0.4, 0.5) is 0 Å². The van der Waals surface area contributed by atoms with Crippen LogP contribution in [0.2, 0.25) is 0 Å². The highest BCUT2D eigenvalue weighted by atomic mass is 79.9. The maximum Gasteiger partial charge on any atom is 0.287 e. The number of nitrogens with zero attached hydrogens (tertiary/aromatic N) is 1. The van der Waals surface area contributed by atoms with Gasteiger partial charge in [-0.25, -0.2) is 12.7 Å². The maximum atomic E-state index is 12.1. The minimum absolute atomic E-state index is 0.0163. The minimum atomic E-state index is -3.70. The van der Waals surface area contributed by atoms with Crippen LogP contribution in [-0.4, -0.2) is 51.1 Å². The lowest BCUT2D eigenvalue weighted by molar-refractivity contribution is -0.120. The van der Waals surface area contributed by atoms with Gasteiger partial charge in [-0.3, -0.25) is 25.2 Å². The van der Waals surface area contributed by atoms with Crippen molar-refractivity contribution in [3.63, 3.8) is 0 Å². The predicted molar refractivity (Wildman–Crippen MR) is 102 cm³/mol. The largest absolute Gasteiger partial charge is 0.444 e. The van der Waals surface area contributed by atoms with E-state index >= 15 is 0 Å². The first-order chi connectivity index (χ1) is 13.1. The summed E-state index contributed by atoms with van der Waals surface area (Å²) in [5.41, 5.74) is 4.30. The van der Waals surface area contributed by atoms with E-state index in [2.05, 4.69) is 32.1 Å². The molecule has 0 spiro atoms. The topological polar surface area (TPSA) is 138 Å². The van der Waals surface area contributed by atoms with E-state index in [0.717, 1.165) is 4.31 Å². The summed E-state index contributed by atoms with van der Waals surface area (Å²) in [4.78, 5) is 35.6. The molecule has 150 valence electrons. The molecule has 0 atom stereocenters. The van der Waals surface area contributed by atoms with Gasteiger partial charge in [0.15, 0.2) is 10.4 Å². The number of hydrogen-bond donors (Lipinski definition) is 3. The van der Waals surface area contributed by atoms with Gasteiger partial charge in [-0.2, -0.15) is 0 Å². The van der Waals surface area contributed by atoms with Crippen LogP contribution in [0.1, 0.15) is 20.9 Å². The summed E-state index contributed by atoms with van der Waals surface area (Å²) in [6.07, 6.45) is 0. The summed E-state index contributed by atoms with van der Waals surface area (Å²) in [6, 6.07) is 8.30. The van der Waals surface area contributed by atoms with Crippen molar-refractivity contribution >= 4 is 43.7 Å². The number of furan rings is 1. The quantitative estimate of drug-likeness (QED) is 0.522. The molecule has 0 radical (unpaired) electrons. The molecule has 0 aliphatic heterocycles. The number of hydrazine groups is 1. The smallest absolute Gasteiger partial charge is 0.287 e. The molecular formula is C16H17BrN4O6S. The molecule has 0 aliphatic carbocycles. The van der Waals surface area contributed by atoms with E-state index in [4.69, 9.17) is 4.42 Å². The summed E-state index contributed by atoms with van der Waals surface area (Å²) >= 11 is 3.05. The van der Waals surface area contributed by atoms with Gasteiger partial charge in [-0.1, -0.05) is 6.07 Å². The number of halogens is 1. The fourth-order valence-electron chi connectivity index (χ4n) is 1.94. The van der Waals surface area contributed by atoms with E-state index in [1.54, 1.807) is 0 Å². The third-order valence-corrected chi connectivity index (χ3v) is 5.63. The SMILES string of the molecule is CN(C)S(=O)(=O)c1cccc(C(=O)NNC(=O)CNC(=O)c2ccc(Br)o2)c1. The Morgan fingerprint density at radius 1 is 1.07 bits per heavy atom. The van der Waals surface area contributed by atoms with E-state index in [9.17, 15) is 22.8 Å². The Bertz CT molecular complexity index is 1000. The van der Waals surface area contributed by atoms with E-state index in [1.807, 2.05) is 0 Å². The van der Waals surface area contributed by atoms with E-state index in [1.165, 1.54) is 50.5 Å². The number of nitrogens with one attached hydrogen (secondary N) is 3. The van der Waals surface area contributed by atoms with E-state index in [-0.39, 0.29) is 16.2 Å². The van der Waals surface area contributed by atoms with Crippen LogP contribution in [0.15, 0.2) is 50.4 Å². The molecule has 0 saturated heterocycles. The molecule has 1 heterocycles. The van der Waals surface area contributed by atoms with Crippen molar-refractivity contribution in [2.45, 2.75) is 4.90 Å². The number of carbonyl (C=O) groups excluding carboxylic acids is 3. The predicted octanol–water partition coefficient (Wildman–Crippen LogP) is 0.483. The normalized spacial score (nSPS) is 11.1. The van der Waals surface area contributed by atoms with Crippen LogP contribution in [-0.2, 0) is 14.8 Å². The highest BCUT2D eigenvalue weighted by Crippen LogP contribution is 2.15. The Hall–Kier alpha value is -2.70. The number of amides is 3. The van der Waals surface area contributed by atoms with Gasteiger partial charge in [0.2, 0.25) is 10.0 Å². The molecule has 0 unspecified atom stereocenters. The van der Waals surface area contributed by atoms with Crippen molar-refractivity contribution in [2.75, 3.05) is 20.6 Å². The molecule has 0 bridgehead atoms. The van der Waals surface area contributed by atoms with Gasteiger partial charge in [-0.15, -0.1) is 0 Å². The fourth-order valence-corrected chi connectivity index (χ4v) is 3.19. The maximum absolute atomic E-state index is 12.1. The van der Waals surface area contributed by atoms with E-state index < -0.39 is 34.3 Å². The minimum Gasteiger partial charge on any atom is -0.444 e. The standard InChI is InChI=1S/C16H17BrN4O6S/c1-21(2)28(25,26)11-5-3-4-10(8-11)15(23)20-19-14(22)9-18-16(24)12-6-7-13(17)27-12/h3-8H,9H2,1-2H3,(H,18,24)(H,19,22)(H,20,23). The fraction of sp³-hybridized carbons (Fsp3) is 0.188. The van der Waals surface area contributed by atoms with Gasteiger partial charge >= 0.3 is 0 Å². The molecule has 2 aromatic rings. The zero-order valence-electron chi connectivity index (χ0n) is 14.9. The summed E-state index contributed by atoms with van der Waals surface area (Å²) in [5, 5.41) is 2.32. The average molecular weight is 473 g/mol. The third-order valence-electron chi connectivity index (χ3n) is 3.40. The monoisotopic (exact) mass is 472 g/mol. The molecule has 0 saturated carbocycles. The van der Waals surface area contributed by atoms with Crippen LogP contribution >= 0.6 is 15.9 Å². The highest BCUT2D eigenvalue weighted by molar-refractivity contribution is 9.10. The summed E-state index contributed by atoms with van der Waals surface area (Å²) in [6.45, 7) is -0.410. The number of benzene rings is 1. The molecule has 1 aromatic carbocycles. The Morgan fingerprint density at radius 3 is 2.39 bits per heavy atom. The van der Waals surface area contributed by atoms with E-state index in [0.29, 0.717) is 4.67 Å². The first kappa shape index (κ1) is 21.6. The lowest BCUT2D eigenvalue weighted by atomic mass is 10.2. The number of carbonyl (C=O) groups is 3. The van der Waals surface area contributed by atoms with Crippen LogP contribution < -0.4 is 16.2 Å². The van der Waals surface area contributed by atoms with Crippen LogP contribution in [0, 0.1) is 0 Å².